The van der Waals surface area contributed by atoms with Crippen LogP contribution in [-0.2, 0) is 4.79 Å². The molecule has 0 rings (SSSR count). The van der Waals surface area contributed by atoms with Gasteiger partial charge in [-0.3, -0.25) is 4.79 Å². The van der Waals surface area contributed by atoms with E-state index in [0.29, 0.717) is 5.75 Å². The number of nitrogens with one attached hydrogen (secondary N) is 1. The van der Waals surface area contributed by atoms with Crippen molar-refractivity contribution in [2.24, 2.45) is 5.92 Å². The molecule has 0 saturated carbocycles. The summed E-state index contributed by atoms with van der Waals surface area (Å²) in [6.07, 6.45) is 1.33. The highest BCUT2D eigenvalue weighted by atomic mass is 32.2. The van der Waals surface area contributed by atoms with Crippen LogP contribution >= 0.6 is 11.8 Å². The Morgan fingerprint density at radius 1 is 1.33 bits per heavy atom. The zero-order valence-corrected chi connectivity index (χ0v) is 11.1. The van der Waals surface area contributed by atoms with Crippen LogP contribution in [0.25, 0.3) is 0 Å². The maximum Gasteiger partial charge on any atom is 0.154 e. The van der Waals surface area contributed by atoms with Gasteiger partial charge in [0.05, 0.1) is 12.1 Å². The van der Waals surface area contributed by atoms with Gasteiger partial charge in [0.1, 0.15) is 0 Å². The number of ketones is 1. The Bertz CT molecular complexity index is 195. The van der Waals surface area contributed by atoms with Gasteiger partial charge in [0.2, 0.25) is 0 Å². The molecule has 0 aliphatic carbocycles. The van der Waals surface area contributed by atoms with Crippen LogP contribution in [0.5, 0.6) is 0 Å². The molecule has 0 radical (unpaired) electrons. The lowest BCUT2D eigenvalue weighted by atomic mass is 9.97. The average Bonchev–Trinajstić information content (AvgIpc) is 2.13. The first-order chi connectivity index (χ1) is 6.90. The molecule has 0 fully saturated rings. The van der Waals surface area contributed by atoms with Gasteiger partial charge >= 0.3 is 0 Å². The van der Waals surface area contributed by atoms with Crippen LogP contribution in [-0.4, -0.2) is 41.1 Å². The van der Waals surface area contributed by atoms with E-state index in [9.17, 15) is 9.90 Å². The van der Waals surface area contributed by atoms with Crippen molar-refractivity contribution in [3.63, 3.8) is 0 Å². The van der Waals surface area contributed by atoms with Crippen molar-refractivity contribution in [2.45, 2.75) is 45.9 Å². The average molecular weight is 233 g/mol. The molecule has 15 heavy (non-hydrogen) atoms. The maximum absolute atomic E-state index is 11.9. The van der Waals surface area contributed by atoms with Crippen LogP contribution in [0.1, 0.15) is 27.7 Å². The van der Waals surface area contributed by atoms with Crippen molar-refractivity contribution in [1.82, 2.24) is 5.32 Å². The molecule has 0 aliphatic heterocycles. The number of thioether (sulfide) groups is 1. The fourth-order valence-electron chi connectivity index (χ4n) is 1.37. The number of aliphatic hydroxyl groups is 1. The summed E-state index contributed by atoms with van der Waals surface area (Å²) >= 11 is 1.55. The summed E-state index contributed by atoms with van der Waals surface area (Å²) in [7, 11) is 0. The summed E-state index contributed by atoms with van der Waals surface area (Å²) in [4.78, 5) is 11.9. The van der Waals surface area contributed by atoms with E-state index in [2.05, 4.69) is 5.32 Å². The molecule has 4 heteroatoms. The van der Waals surface area contributed by atoms with Crippen molar-refractivity contribution in [1.29, 1.82) is 0 Å². The molecule has 0 saturated heterocycles. The number of Topliss-reactive ketones (excluding diaryl/α,β-unsaturated/α-hetero) is 1. The second-order valence-corrected chi connectivity index (χ2v) is 5.29. The number of rotatable bonds is 7. The van der Waals surface area contributed by atoms with E-state index in [1.165, 1.54) is 0 Å². The van der Waals surface area contributed by atoms with Crippen LogP contribution in [0.4, 0.5) is 0 Å². The van der Waals surface area contributed by atoms with E-state index in [4.69, 9.17) is 0 Å². The van der Waals surface area contributed by atoms with Gasteiger partial charge in [0.15, 0.2) is 5.78 Å². The molecule has 3 nitrogen and oxygen atoms in total. The van der Waals surface area contributed by atoms with E-state index in [-0.39, 0.29) is 17.7 Å². The van der Waals surface area contributed by atoms with E-state index >= 15 is 0 Å². The van der Waals surface area contributed by atoms with Crippen molar-refractivity contribution < 1.29 is 9.90 Å². The van der Waals surface area contributed by atoms with Crippen LogP contribution in [0.3, 0.4) is 0 Å². The lowest BCUT2D eigenvalue weighted by Crippen LogP contribution is -2.51. The van der Waals surface area contributed by atoms with Gasteiger partial charge in [0, 0.05) is 17.7 Å². The van der Waals surface area contributed by atoms with E-state index < -0.39 is 12.1 Å². The predicted molar refractivity (Wildman–Crippen MR) is 66.3 cm³/mol. The number of hydrogen-bond donors (Lipinski definition) is 2. The first-order valence-corrected chi connectivity index (χ1v) is 6.76. The predicted octanol–water partition coefficient (Wildman–Crippen LogP) is 1.30. The van der Waals surface area contributed by atoms with E-state index in [1.807, 2.05) is 34.0 Å². The second-order valence-electron chi connectivity index (χ2n) is 4.38. The lowest BCUT2D eigenvalue weighted by molar-refractivity contribution is -0.126. The highest BCUT2D eigenvalue weighted by Gasteiger charge is 2.28. The molecule has 0 aromatic rings. The Kier molecular flexibility index (Phi) is 7.22. The third-order valence-corrected chi connectivity index (χ3v) is 2.79. The molecule has 90 valence electrons. The Hall–Kier alpha value is -0.0600. The molecule has 0 spiro atoms. The van der Waals surface area contributed by atoms with Crippen LogP contribution in [0.2, 0.25) is 0 Å². The van der Waals surface area contributed by atoms with Crippen LogP contribution in [0, 0.1) is 5.92 Å². The molecular weight excluding hydrogens is 210 g/mol. The van der Waals surface area contributed by atoms with Crippen molar-refractivity contribution in [3.8, 4) is 0 Å². The van der Waals surface area contributed by atoms with Gasteiger partial charge in [-0.25, -0.2) is 0 Å². The van der Waals surface area contributed by atoms with Gasteiger partial charge in [-0.05, 0) is 6.26 Å². The third kappa shape index (κ3) is 5.54. The minimum Gasteiger partial charge on any atom is -0.390 e. The van der Waals surface area contributed by atoms with Gasteiger partial charge in [-0.1, -0.05) is 27.7 Å². The smallest absolute Gasteiger partial charge is 0.154 e. The zero-order valence-electron chi connectivity index (χ0n) is 10.3. The summed E-state index contributed by atoms with van der Waals surface area (Å²) < 4.78 is 0. The summed E-state index contributed by atoms with van der Waals surface area (Å²) in [5.41, 5.74) is 0. The highest BCUT2D eigenvalue weighted by Crippen LogP contribution is 2.09. The zero-order chi connectivity index (χ0) is 12.0. The topological polar surface area (TPSA) is 49.3 Å². The summed E-state index contributed by atoms with van der Waals surface area (Å²) in [6, 6.07) is -0.230. The molecule has 0 aromatic heterocycles. The van der Waals surface area contributed by atoms with E-state index in [0.717, 1.165) is 0 Å². The highest BCUT2D eigenvalue weighted by molar-refractivity contribution is 7.98. The number of carbonyl (C=O) groups excluding carboxylic acids is 1. The fraction of sp³-hybridized carbons (Fsp3) is 0.909. The maximum atomic E-state index is 11.9. The first kappa shape index (κ1) is 14.9. The van der Waals surface area contributed by atoms with Crippen LogP contribution in [0.15, 0.2) is 0 Å². The molecule has 0 aliphatic rings. The van der Waals surface area contributed by atoms with Gasteiger partial charge in [-0.2, -0.15) is 11.8 Å². The Morgan fingerprint density at radius 3 is 2.20 bits per heavy atom. The third-order valence-electron chi connectivity index (χ3n) is 2.11. The second kappa shape index (κ2) is 7.25. The quantitative estimate of drug-likeness (QED) is 0.696. The van der Waals surface area contributed by atoms with Gasteiger partial charge in [0.25, 0.3) is 0 Å². The molecule has 0 bridgehead atoms. The van der Waals surface area contributed by atoms with Gasteiger partial charge < -0.3 is 10.4 Å². The molecule has 0 heterocycles. The normalized spacial score (nSPS) is 15.7. The minimum absolute atomic E-state index is 0.0437. The number of hydrogen-bond acceptors (Lipinski definition) is 4. The van der Waals surface area contributed by atoms with E-state index in [1.54, 1.807) is 11.8 Å². The summed E-state index contributed by atoms with van der Waals surface area (Å²) in [5.74, 6) is 0.631. The van der Waals surface area contributed by atoms with Crippen molar-refractivity contribution in [2.75, 3.05) is 12.0 Å². The van der Waals surface area contributed by atoms with Gasteiger partial charge in [-0.15, -0.1) is 0 Å². The molecule has 0 aromatic carbocycles. The molecule has 2 unspecified atom stereocenters. The van der Waals surface area contributed by atoms with Crippen LogP contribution < -0.4 is 5.32 Å². The summed E-state index contributed by atoms with van der Waals surface area (Å²) in [6.45, 7) is 7.69. The SMILES string of the molecule is CSCC(O)C(NC(C)C)C(=O)C(C)C. The standard InChI is InChI=1S/C11H23NO2S/c1-7(2)11(14)10(12-8(3)4)9(13)6-15-5/h7-10,12-13H,6H2,1-5H3. The number of aliphatic hydroxyl groups excluding tert-OH is 1. The lowest BCUT2D eigenvalue weighted by Gasteiger charge is -2.26. The first-order valence-electron chi connectivity index (χ1n) is 5.36. The summed E-state index contributed by atoms with van der Waals surface area (Å²) in [5, 5.41) is 13.0. The molecule has 0 amide bonds. The Labute approximate surface area is 97.0 Å². The van der Waals surface area contributed by atoms with Crippen molar-refractivity contribution in [3.05, 3.63) is 0 Å². The molecule has 2 N–H and O–H groups in total. The Morgan fingerprint density at radius 2 is 1.87 bits per heavy atom. The van der Waals surface area contributed by atoms with Crippen molar-refractivity contribution >= 4 is 17.5 Å². The number of carbonyl (C=O) groups is 1. The molecule has 2 atom stereocenters. The minimum atomic E-state index is -0.600. The monoisotopic (exact) mass is 233 g/mol. The molecular formula is C11H23NO2S. The largest absolute Gasteiger partial charge is 0.390 e. The fourth-order valence-corrected chi connectivity index (χ4v) is 1.90. The Balaban J connectivity index is 4.49.